The van der Waals surface area contributed by atoms with Crippen LogP contribution in [-0.4, -0.2) is 45.2 Å². The standard InChI is InChI=1S/C23H31N5O4S/c1-14(2)20(25-22(30)15-9-10-17-18(11-15)32-13-31-17)21-26-27-23(28(21)3)33-12-19(29)24-16-7-5-4-6-8-16/h9-11,14,16,20H,4-8,12-13H2,1-3H3,(H,24,29)(H,25,30). The molecule has 1 unspecified atom stereocenters. The Hall–Kier alpha value is -2.75. The van der Waals surface area contributed by atoms with Crippen LogP contribution >= 0.6 is 11.8 Å². The van der Waals surface area contributed by atoms with Crippen LogP contribution in [0.1, 0.15) is 68.2 Å². The highest BCUT2D eigenvalue weighted by Gasteiger charge is 2.26. The fraction of sp³-hybridized carbons (Fsp3) is 0.565. The first-order chi connectivity index (χ1) is 15.9. The predicted octanol–water partition coefficient (Wildman–Crippen LogP) is 3.21. The van der Waals surface area contributed by atoms with E-state index in [1.54, 1.807) is 18.2 Å². The zero-order chi connectivity index (χ0) is 23.4. The van der Waals surface area contributed by atoms with Crippen molar-refractivity contribution in [1.29, 1.82) is 0 Å². The van der Waals surface area contributed by atoms with E-state index in [2.05, 4.69) is 20.8 Å². The van der Waals surface area contributed by atoms with Crippen LogP contribution in [0.15, 0.2) is 23.4 Å². The van der Waals surface area contributed by atoms with Gasteiger partial charge in [0.05, 0.1) is 11.8 Å². The van der Waals surface area contributed by atoms with Gasteiger partial charge in [-0.2, -0.15) is 0 Å². The van der Waals surface area contributed by atoms with E-state index in [4.69, 9.17) is 9.47 Å². The summed E-state index contributed by atoms with van der Waals surface area (Å²) in [5.41, 5.74) is 0.487. The average Bonchev–Trinajstić information content (AvgIpc) is 3.42. The number of fused-ring (bicyclic) bond motifs is 1. The normalized spacial score (nSPS) is 16.6. The lowest BCUT2D eigenvalue weighted by atomic mass is 9.95. The Morgan fingerprint density at radius 1 is 1.15 bits per heavy atom. The molecule has 2 heterocycles. The number of nitrogens with zero attached hydrogens (tertiary/aromatic N) is 3. The summed E-state index contributed by atoms with van der Waals surface area (Å²) in [6.45, 7) is 4.19. The Morgan fingerprint density at radius 3 is 2.67 bits per heavy atom. The molecule has 1 saturated carbocycles. The fourth-order valence-corrected chi connectivity index (χ4v) is 4.89. The van der Waals surface area contributed by atoms with Crippen LogP contribution in [0.4, 0.5) is 0 Å². The molecule has 1 aromatic heterocycles. The van der Waals surface area contributed by atoms with Gasteiger partial charge in [-0.3, -0.25) is 9.59 Å². The molecule has 2 aromatic rings. The van der Waals surface area contributed by atoms with Crippen molar-refractivity contribution >= 4 is 23.6 Å². The number of thioether (sulfide) groups is 1. The Labute approximate surface area is 198 Å². The largest absolute Gasteiger partial charge is 0.454 e. The van der Waals surface area contributed by atoms with Gasteiger partial charge in [0.2, 0.25) is 12.7 Å². The van der Waals surface area contributed by atoms with Gasteiger partial charge in [-0.05, 0) is 37.0 Å². The molecule has 1 atom stereocenters. The van der Waals surface area contributed by atoms with Crippen LogP contribution in [0.3, 0.4) is 0 Å². The van der Waals surface area contributed by atoms with E-state index < -0.39 is 0 Å². The molecule has 1 aliphatic heterocycles. The number of amides is 2. The quantitative estimate of drug-likeness (QED) is 0.567. The maximum absolute atomic E-state index is 12.9. The zero-order valence-corrected chi connectivity index (χ0v) is 20.1. The number of carbonyl (C=O) groups excluding carboxylic acids is 2. The van der Waals surface area contributed by atoms with E-state index in [0.717, 1.165) is 12.8 Å². The molecule has 0 bridgehead atoms. The molecule has 0 spiro atoms. The second-order valence-corrected chi connectivity index (χ2v) is 9.80. The van der Waals surface area contributed by atoms with Gasteiger partial charge >= 0.3 is 0 Å². The second-order valence-electron chi connectivity index (χ2n) is 8.85. The molecule has 9 nitrogen and oxygen atoms in total. The minimum Gasteiger partial charge on any atom is -0.454 e. The number of benzene rings is 1. The minimum atomic E-state index is -0.342. The van der Waals surface area contributed by atoms with Crippen LogP contribution in [-0.2, 0) is 11.8 Å². The number of ether oxygens (including phenoxy) is 2. The number of nitrogens with one attached hydrogen (secondary N) is 2. The first-order valence-corrected chi connectivity index (χ1v) is 12.4. The highest BCUT2D eigenvalue weighted by molar-refractivity contribution is 7.99. The number of hydrogen-bond donors (Lipinski definition) is 2. The van der Waals surface area contributed by atoms with Gasteiger partial charge in [-0.25, -0.2) is 0 Å². The molecule has 4 rings (SSSR count). The molecule has 1 aromatic carbocycles. The first kappa shape index (κ1) is 23.4. The Balaban J connectivity index is 1.38. The highest BCUT2D eigenvalue weighted by atomic mass is 32.2. The molecule has 2 N–H and O–H groups in total. The highest BCUT2D eigenvalue weighted by Crippen LogP contribution is 2.33. The molecule has 33 heavy (non-hydrogen) atoms. The van der Waals surface area contributed by atoms with Gasteiger partial charge in [0.25, 0.3) is 5.91 Å². The maximum Gasteiger partial charge on any atom is 0.252 e. The Kier molecular flexibility index (Phi) is 7.42. The lowest BCUT2D eigenvalue weighted by Crippen LogP contribution is -2.37. The molecule has 0 radical (unpaired) electrons. The summed E-state index contributed by atoms with van der Waals surface area (Å²) in [5.74, 6) is 2.01. The molecule has 2 aliphatic rings. The zero-order valence-electron chi connectivity index (χ0n) is 19.3. The Bertz CT molecular complexity index is 1000. The van der Waals surface area contributed by atoms with Crippen molar-refractivity contribution in [2.24, 2.45) is 13.0 Å². The number of hydrogen-bond acceptors (Lipinski definition) is 7. The molecule has 1 aliphatic carbocycles. The van der Waals surface area contributed by atoms with E-state index in [1.807, 2.05) is 25.5 Å². The van der Waals surface area contributed by atoms with E-state index >= 15 is 0 Å². The molecule has 0 saturated heterocycles. The van der Waals surface area contributed by atoms with Crippen molar-refractivity contribution < 1.29 is 19.1 Å². The van der Waals surface area contributed by atoms with Crippen LogP contribution in [0.5, 0.6) is 11.5 Å². The summed E-state index contributed by atoms with van der Waals surface area (Å²) < 4.78 is 12.5. The van der Waals surface area contributed by atoms with Crippen LogP contribution < -0.4 is 20.1 Å². The summed E-state index contributed by atoms with van der Waals surface area (Å²) in [4.78, 5) is 25.3. The molecule has 2 amide bonds. The van der Waals surface area contributed by atoms with Crippen LogP contribution in [0.25, 0.3) is 0 Å². The second kappa shape index (κ2) is 10.5. The van der Waals surface area contributed by atoms with Crippen molar-refractivity contribution in [2.75, 3.05) is 12.5 Å². The topological polar surface area (TPSA) is 107 Å². The van der Waals surface area contributed by atoms with Crippen molar-refractivity contribution in [3.05, 3.63) is 29.6 Å². The molecule has 178 valence electrons. The molecule has 10 heteroatoms. The molecule has 1 fully saturated rings. The third-order valence-electron chi connectivity index (χ3n) is 6.04. The maximum atomic E-state index is 12.9. The fourth-order valence-electron chi connectivity index (χ4n) is 4.16. The van der Waals surface area contributed by atoms with Crippen molar-refractivity contribution in [1.82, 2.24) is 25.4 Å². The van der Waals surface area contributed by atoms with E-state index in [0.29, 0.717) is 39.8 Å². The number of rotatable bonds is 8. The Morgan fingerprint density at radius 2 is 1.91 bits per heavy atom. The monoisotopic (exact) mass is 473 g/mol. The van der Waals surface area contributed by atoms with Gasteiger partial charge in [0.15, 0.2) is 22.5 Å². The number of carbonyl (C=O) groups is 2. The van der Waals surface area contributed by atoms with Gasteiger partial charge in [-0.15, -0.1) is 10.2 Å². The lowest BCUT2D eigenvalue weighted by Gasteiger charge is -2.22. The van der Waals surface area contributed by atoms with E-state index in [1.165, 1.54) is 31.0 Å². The van der Waals surface area contributed by atoms with Crippen molar-refractivity contribution in [3.63, 3.8) is 0 Å². The summed E-state index contributed by atoms with van der Waals surface area (Å²) in [7, 11) is 1.86. The summed E-state index contributed by atoms with van der Waals surface area (Å²) in [6.07, 6.45) is 5.73. The van der Waals surface area contributed by atoms with Gasteiger partial charge in [0.1, 0.15) is 0 Å². The van der Waals surface area contributed by atoms with E-state index in [-0.39, 0.29) is 30.6 Å². The van der Waals surface area contributed by atoms with Gasteiger partial charge < -0.3 is 24.7 Å². The summed E-state index contributed by atoms with van der Waals surface area (Å²) >= 11 is 1.36. The molecular formula is C23H31N5O4S. The van der Waals surface area contributed by atoms with Gasteiger partial charge in [0, 0.05) is 18.7 Å². The van der Waals surface area contributed by atoms with E-state index in [9.17, 15) is 9.59 Å². The van der Waals surface area contributed by atoms with Crippen molar-refractivity contribution in [3.8, 4) is 11.5 Å². The lowest BCUT2D eigenvalue weighted by molar-refractivity contribution is -0.119. The van der Waals surface area contributed by atoms with Gasteiger partial charge in [-0.1, -0.05) is 44.9 Å². The predicted molar refractivity (Wildman–Crippen MR) is 124 cm³/mol. The van der Waals surface area contributed by atoms with Crippen LogP contribution in [0, 0.1) is 5.92 Å². The molecular weight excluding hydrogens is 442 g/mol. The average molecular weight is 474 g/mol. The first-order valence-electron chi connectivity index (χ1n) is 11.4. The third-order valence-corrected chi connectivity index (χ3v) is 7.06. The summed E-state index contributed by atoms with van der Waals surface area (Å²) in [5, 5.41) is 15.4. The smallest absolute Gasteiger partial charge is 0.252 e. The van der Waals surface area contributed by atoms with Crippen molar-refractivity contribution in [2.45, 2.75) is 63.2 Å². The SMILES string of the molecule is CC(C)C(NC(=O)c1ccc2c(c1)OCO2)c1nnc(SCC(=O)NC2CCCCC2)n1C. The summed E-state index contributed by atoms with van der Waals surface area (Å²) in [6, 6.07) is 5.07. The third kappa shape index (κ3) is 5.61. The minimum absolute atomic E-state index is 0.0213. The van der Waals surface area contributed by atoms with Crippen LogP contribution in [0.2, 0.25) is 0 Å². The number of aromatic nitrogens is 3.